The monoisotopic (exact) mass is 393 g/mol. The van der Waals surface area contributed by atoms with Crippen LogP contribution in [-0.2, 0) is 16.1 Å². The molecule has 3 aromatic rings. The first-order chi connectivity index (χ1) is 13.5. The zero-order valence-corrected chi connectivity index (χ0v) is 17.0. The molecule has 0 aliphatic rings. The number of rotatable bonds is 7. The number of hydrogen-bond donors (Lipinski definition) is 1. The van der Waals surface area contributed by atoms with Crippen molar-refractivity contribution in [2.24, 2.45) is 5.10 Å². The Morgan fingerprint density at radius 2 is 1.82 bits per heavy atom. The lowest BCUT2D eigenvalue weighted by molar-refractivity contribution is -0.126. The van der Waals surface area contributed by atoms with Gasteiger partial charge in [-0.25, -0.2) is 10.4 Å². The lowest BCUT2D eigenvalue weighted by Crippen LogP contribution is -2.24. The van der Waals surface area contributed by atoms with Gasteiger partial charge in [-0.05, 0) is 26.3 Å². The Bertz CT molecular complexity index is 963. The summed E-state index contributed by atoms with van der Waals surface area (Å²) in [5.74, 6) is -0.281. The third-order valence-corrected chi connectivity index (χ3v) is 5.43. The van der Waals surface area contributed by atoms with Crippen LogP contribution in [0.1, 0.15) is 28.6 Å². The number of aryl methyl sites for hydroxylation is 2. The fourth-order valence-corrected chi connectivity index (χ4v) is 3.63. The lowest BCUT2D eigenvalue weighted by Gasteiger charge is -2.04. The van der Waals surface area contributed by atoms with Gasteiger partial charge in [-0.1, -0.05) is 60.2 Å². The van der Waals surface area contributed by atoms with Gasteiger partial charge in [0, 0.05) is 5.56 Å². The fraction of sp³-hybridized carbons (Fsp3) is 0.227. The highest BCUT2D eigenvalue weighted by atomic mass is 32.1. The summed E-state index contributed by atoms with van der Waals surface area (Å²) in [7, 11) is 0. The molecule has 0 aliphatic heterocycles. The molecule has 5 nitrogen and oxygen atoms in total. The highest BCUT2D eigenvalue weighted by molar-refractivity contribution is 7.17. The number of hydrazone groups is 1. The van der Waals surface area contributed by atoms with E-state index in [1.54, 1.807) is 11.3 Å². The second-order valence-corrected chi connectivity index (χ2v) is 7.51. The second kappa shape index (κ2) is 9.39. The molecule has 1 heterocycles. The summed E-state index contributed by atoms with van der Waals surface area (Å²) in [6, 6.07) is 18.0. The van der Waals surface area contributed by atoms with Crippen LogP contribution in [-0.4, -0.2) is 23.2 Å². The van der Waals surface area contributed by atoms with Crippen LogP contribution in [0.3, 0.4) is 0 Å². The maximum absolute atomic E-state index is 12.0. The van der Waals surface area contributed by atoms with Crippen LogP contribution in [0, 0.1) is 13.8 Å². The molecule has 0 aliphatic carbocycles. The van der Waals surface area contributed by atoms with Gasteiger partial charge in [0.05, 0.1) is 22.9 Å². The van der Waals surface area contributed by atoms with Gasteiger partial charge in [0.15, 0.2) is 0 Å². The topological polar surface area (TPSA) is 63.6 Å². The molecule has 0 radical (unpaired) electrons. The maximum Gasteiger partial charge on any atom is 0.266 e. The van der Waals surface area contributed by atoms with Crippen LogP contribution >= 0.6 is 11.3 Å². The van der Waals surface area contributed by atoms with E-state index in [-0.39, 0.29) is 12.5 Å². The molecule has 3 rings (SSSR count). The van der Waals surface area contributed by atoms with Crippen molar-refractivity contribution in [1.82, 2.24) is 10.4 Å². The summed E-state index contributed by atoms with van der Waals surface area (Å²) in [6.07, 6.45) is 0. The highest BCUT2D eigenvalue weighted by Crippen LogP contribution is 2.28. The number of nitrogens with one attached hydrogen (secondary N) is 1. The van der Waals surface area contributed by atoms with E-state index in [2.05, 4.69) is 46.7 Å². The number of hydrogen-bond acceptors (Lipinski definition) is 5. The standard InChI is InChI=1S/C22H23N3O2S/c1-15-9-11-19(12-10-15)22-23-16(2)21(28-22)17(3)24-25-20(26)14-27-13-18-7-5-4-6-8-18/h4-12H,13-14H2,1-3H3,(H,25,26)/b24-17+. The first-order valence-corrected chi connectivity index (χ1v) is 9.84. The smallest absolute Gasteiger partial charge is 0.266 e. The molecule has 1 amide bonds. The van der Waals surface area contributed by atoms with Crippen LogP contribution in [0.2, 0.25) is 0 Å². The Balaban J connectivity index is 1.57. The van der Waals surface area contributed by atoms with Crippen molar-refractivity contribution in [2.75, 3.05) is 6.61 Å². The van der Waals surface area contributed by atoms with Crippen molar-refractivity contribution < 1.29 is 9.53 Å². The quantitative estimate of drug-likeness (QED) is 0.475. The molecule has 1 N–H and O–H groups in total. The van der Waals surface area contributed by atoms with Crippen LogP contribution < -0.4 is 5.43 Å². The van der Waals surface area contributed by atoms with Gasteiger partial charge in [-0.3, -0.25) is 4.79 Å². The highest BCUT2D eigenvalue weighted by Gasteiger charge is 2.12. The zero-order chi connectivity index (χ0) is 19.9. The van der Waals surface area contributed by atoms with Gasteiger partial charge >= 0.3 is 0 Å². The summed E-state index contributed by atoms with van der Waals surface area (Å²) in [4.78, 5) is 17.6. The Hall–Kier alpha value is -2.83. The van der Waals surface area contributed by atoms with E-state index in [0.717, 1.165) is 32.4 Å². The number of carbonyl (C=O) groups excluding carboxylic acids is 1. The van der Waals surface area contributed by atoms with Crippen LogP contribution in [0.5, 0.6) is 0 Å². The molecule has 0 saturated carbocycles. The molecule has 0 bridgehead atoms. The van der Waals surface area contributed by atoms with Gasteiger partial charge in [0.1, 0.15) is 11.6 Å². The normalized spacial score (nSPS) is 11.5. The Morgan fingerprint density at radius 3 is 2.54 bits per heavy atom. The van der Waals surface area contributed by atoms with E-state index in [4.69, 9.17) is 4.74 Å². The van der Waals surface area contributed by atoms with Crippen LogP contribution in [0.25, 0.3) is 10.6 Å². The number of nitrogens with zero attached hydrogens (tertiary/aromatic N) is 2. The Labute approximate surface area is 169 Å². The van der Waals surface area contributed by atoms with Gasteiger partial charge in [-0.15, -0.1) is 11.3 Å². The minimum atomic E-state index is -0.281. The summed E-state index contributed by atoms with van der Waals surface area (Å²) >= 11 is 1.57. The predicted molar refractivity (Wildman–Crippen MR) is 113 cm³/mol. The van der Waals surface area contributed by atoms with Gasteiger partial charge in [0.25, 0.3) is 5.91 Å². The van der Waals surface area contributed by atoms with Crippen molar-refractivity contribution in [3.8, 4) is 10.6 Å². The summed E-state index contributed by atoms with van der Waals surface area (Å²) < 4.78 is 5.42. The fourth-order valence-electron chi connectivity index (χ4n) is 2.62. The SMILES string of the molecule is C/C(=N\NC(=O)COCc1ccccc1)c1sc(-c2ccc(C)cc2)nc1C. The first-order valence-electron chi connectivity index (χ1n) is 9.02. The molecule has 144 valence electrons. The van der Waals surface area contributed by atoms with Crippen LogP contribution in [0.15, 0.2) is 59.7 Å². The number of aromatic nitrogens is 1. The minimum absolute atomic E-state index is 0.0397. The van der Waals surface area contributed by atoms with E-state index < -0.39 is 0 Å². The summed E-state index contributed by atoms with van der Waals surface area (Å²) in [5, 5.41) is 5.15. The van der Waals surface area contributed by atoms with E-state index >= 15 is 0 Å². The molecule has 0 spiro atoms. The largest absolute Gasteiger partial charge is 0.367 e. The molecule has 0 fully saturated rings. The van der Waals surface area contributed by atoms with Gasteiger partial charge in [0.2, 0.25) is 0 Å². The predicted octanol–water partition coefficient (Wildman–Crippen LogP) is 4.48. The van der Waals surface area contributed by atoms with E-state index in [1.165, 1.54) is 5.56 Å². The van der Waals surface area contributed by atoms with Gasteiger partial charge in [-0.2, -0.15) is 5.10 Å². The zero-order valence-electron chi connectivity index (χ0n) is 16.2. The number of carbonyl (C=O) groups is 1. The average molecular weight is 394 g/mol. The van der Waals surface area contributed by atoms with Crippen LogP contribution in [0.4, 0.5) is 0 Å². The molecular weight excluding hydrogens is 370 g/mol. The third kappa shape index (κ3) is 5.34. The molecule has 28 heavy (non-hydrogen) atoms. The molecule has 0 saturated heterocycles. The Morgan fingerprint density at radius 1 is 1.11 bits per heavy atom. The average Bonchev–Trinajstić information content (AvgIpc) is 3.09. The number of ether oxygens (including phenoxy) is 1. The molecule has 6 heteroatoms. The molecule has 1 aromatic heterocycles. The first kappa shape index (κ1) is 19.9. The second-order valence-electron chi connectivity index (χ2n) is 6.51. The van der Waals surface area contributed by atoms with Gasteiger partial charge < -0.3 is 4.74 Å². The molecule has 0 atom stereocenters. The minimum Gasteiger partial charge on any atom is -0.367 e. The Kier molecular flexibility index (Phi) is 6.68. The summed E-state index contributed by atoms with van der Waals surface area (Å²) in [5.41, 5.74) is 7.50. The van der Waals surface area contributed by atoms with Crippen molar-refractivity contribution in [3.05, 3.63) is 76.3 Å². The van der Waals surface area contributed by atoms with Crippen molar-refractivity contribution in [2.45, 2.75) is 27.4 Å². The molecule has 2 aromatic carbocycles. The number of thiazole rings is 1. The molecular formula is C22H23N3O2S. The van der Waals surface area contributed by atoms with Crippen molar-refractivity contribution >= 4 is 23.0 Å². The van der Waals surface area contributed by atoms with E-state index in [0.29, 0.717) is 6.61 Å². The van der Waals surface area contributed by atoms with E-state index in [9.17, 15) is 4.79 Å². The maximum atomic E-state index is 12.0. The van der Waals surface area contributed by atoms with Crippen molar-refractivity contribution in [1.29, 1.82) is 0 Å². The third-order valence-electron chi connectivity index (χ3n) is 4.12. The summed E-state index contributed by atoms with van der Waals surface area (Å²) in [6.45, 7) is 6.23. The lowest BCUT2D eigenvalue weighted by atomic mass is 10.2. The number of benzene rings is 2. The number of amides is 1. The van der Waals surface area contributed by atoms with Crippen molar-refractivity contribution in [3.63, 3.8) is 0 Å². The van der Waals surface area contributed by atoms with E-state index in [1.807, 2.05) is 44.2 Å². The molecule has 0 unspecified atom stereocenters.